The fraction of sp³-hybridized carbons (Fsp3) is 0.500. The molecule has 1 aromatic heterocycles. The van der Waals surface area contributed by atoms with Gasteiger partial charge in [0.25, 0.3) is 0 Å². The number of ether oxygens (including phenoxy) is 1. The number of hydrogen-bond donors (Lipinski definition) is 2. The van der Waals surface area contributed by atoms with Gasteiger partial charge in [0.1, 0.15) is 0 Å². The lowest BCUT2D eigenvalue weighted by molar-refractivity contribution is -0.154. The van der Waals surface area contributed by atoms with E-state index in [2.05, 4.69) is 34.2 Å². The maximum atomic E-state index is 12.9. The second-order valence-corrected chi connectivity index (χ2v) is 8.37. The molecule has 0 spiro atoms. The Hall–Kier alpha value is -3.02. The van der Waals surface area contributed by atoms with E-state index < -0.39 is 37.6 Å². The zero-order chi connectivity index (χ0) is 26.8. The van der Waals surface area contributed by atoms with Crippen molar-refractivity contribution < 1.29 is 35.9 Å². The normalized spacial score (nSPS) is 18.2. The molecule has 0 saturated carbocycles. The first-order valence-corrected chi connectivity index (χ1v) is 11.4. The molecule has 200 valence electrons. The summed E-state index contributed by atoms with van der Waals surface area (Å²) in [6.45, 7) is 1.81. The van der Waals surface area contributed by atoms with Crippen LogP contribution >= 0.6 is 0 Å². The number of carbonyl (C=O) groups is 1. The Morgan fingerprint density at radius 1 is 1.06 bits per heavy atom. The van der Waals surface area contributed by atoms with Crippen LogP contribution in [-0.2, 0) is 6.54 Å². The molecule has 2 aromatic rings. The van der Waals surface area contributed by atoms with E-state index in [0.717, 1.165) is 5.56 Å². The minimum Gasteiger partial charge on any atom is -0.468 e. The van der Waals surface area contributed by atoms with Gasteiger partial charge in [-0.3, -0.25) is 4.90 Å². The minimum atomic E-state index is -4.51. The smallest absolute Gasteiger partial charge is 0.422 e. The third kappa shape index (κ3) is 10.7. The first-order valence-electron chi connectivity index (χ1n) is 11.4. The second kappa shape index (κ2) is 13.3. The number of benzene rings is 1. The number of halogens is 6. The Kier molecular flexibility index (Phi) is 10.8. The van der Waals surface area contributed by atoms with E-state index in [9.17, 15) is 31.1 Å². The van der Waals surface area contributed by atoms with Crippen molar-refractivity contribution in [2.24, 2.45) is 0 Å². The maximum absolute atomic E-state index is 12.9. The van der Waals surface area contributed by atoms with Crippen LogP contribution in [0.15, 0.2) is 48.7 Å². The highest BCUT2D eigenvalue weighted by Gasteiger charge is 2.40. The summed E-state index contributed by atoms with van der Waals surface area (Å²) in [5.74, 6) is -0.572. The molecule has 0 radical (unpaired) electrons. The van der Waals surface area contributed by atoms with Crippen LogP contribution in [0, 0.1) is 0 Å². The van der Waals surface area contributed by atoms with Crippen LogP contribution in [0.4, 0.5) is 31.1 Å². The van der Waals surface area contributed by atoms with Crippen LogP contribution < -0.4 is 15.4 Å². The van der Waals surface area contributed by atoms with E-state index in [4.69, 9.17) is 0 Å². The summed E-state index contributed by atoms with van der Waals surface area (Å²) in [6.07, 6.45) is -6.37. The SMILES string of the molecule is CCC.O=C(NCc1ccnc(OCC(F)(F)F)c1)NC1CN(CC(F)(F)F)C[C@H]1c1ccccc1. The predicted molar refractivity (Wildman–Crippen MR) is 123 cm³/mol. The van der Waals surface area contributed by atoms with Crippen molar-refractivity contribution in [1.29, 1.82) is 0 Å². The standard InChI is InChI=1S/C21H22F6N4O2.C3H8/c22-20(23,24)12-31-10-16(15-4-2-1-3-5-15)17(11-31)30-19(32)29-9-14-6-7-28-18(8-14)33-13-21(25,26)27;1-3-2/h1-8,16-17H,9-13H2,(H2,29,30,32);3H2,1-2H3/t16-,17?;/m0./s1. The van der Waals surface area contributed by atoms with E-state index >= 15 is 0 Å². The summed E-state index contributed by atoms with van der Waals surface area (Å²) in [7, 11) is 0. The predicted octanol–water partition coefficient (Wildman–Crippen LogP) is 5.27. The molecule has 36 heavy (non-hydrogen) atoms. The highest BCUT2D eigenvalue weighted by Crippen LogP contribution is 2.30. The van der Waals surface area contributed by atoms with Crippen molar-refractivity contribution in [3.05, 3.63) is 59.8 Å². The monoisotopic (exact) mass is 520 g/mol. The molecule has 6 nitrogen and oxygen atoms in total. The average Bonchev–Trinajstić information content (AvgIpc) is 3.17. The van der Waals surface area contributed by atoms with Crippen molar-refractivity contribution in [2.45, 2.75) is 51.1 Å². The lowest BCUT2D eigenvalue weighted by atomic mass is 9.94. The van der Waals surface area contributed by atoms with E-state index in [1.807, 2.05) is 0 Å². The molecule has 12 heteroatoms. The molecular formula is C24H30F6N4O2. The number of alkyl halides is 6. The Bertz CT molecular complexity index is 940. The van der Waals surface area contributed by atoms with Gasteiger partial charge in [-0.1, -0.05) is 50.6 Å². The summed E-state index contributed by atoms with van der Waals surface area (Å²) in [6, 6.07) is 10.5. The summed E-state index contributed by atoms with van der Waals surface area (Å²) in [5.41, 5.74) is 1.26. The molecule has 3 rings (SSSR count). The van der Waals surface area contributed by atoms with Gasteiger partial charge in [-0.15, -0.1) is 0 Å². The summed E-state index contributed by atoms with van der Waals surface area (Å²) in [5, 5.41) is 5.28. The highest BCUT2D eigenvalue weighted by molar-refractivity contribution is 5.74. The quantitative estimate of drug-likeness (QED) is 0.489. The number of aromatic nitrogens is 1. The summed E-state index contributed by atoms with van der Waals surface area (Å²) < 4.78 is 80.0. The van der Waals surface area contributed by atoms with Crippen molar-refractivity contribution >= 4 is 6.03 Å². The van der Waals surface area contributed by atoms with Crippen LogP contribution in [0.2, 0.25) is 0 Å². The van der Waals surface area contributed by atoms with Gasteiger partial charge in [-0.05, 0) is 17.2 Å². The molecule has 1 unspecified atom stereocenters. The Morgan fingerprint density at radius 3 is 2.33 bits per heavy atom. The molecule has 0 bridgehead atoms. The molecule has 1 fully saturated rings. The number of hydrogen-bond acceptors (Lipinski definition) is 4. The van der Waals surface area contributed by atoms with Crippen molar-refractivity contribution in [3.63, 3.8) is 0 Å². The molecule has 1 saturated heterocycles. The molecule has 1 aliphatic rings. The largest absolute Gasteiger partial charge is 0.468 e. The zero-order valence-corrected chi connectivity index (χ0v) is 20.0. The maximum Gasteiger partial charge on any atom is 0.422 e. The fourth-order valence-electron chi connectivity index (χ4n) is 3.65. The number of nitrogens with zero attached hydrogens (tertiary/aromatic N) is 2. The van der Waals surface area contributed by atoms with Gasteiger partial charge in [0.15, 0.2) is 6.61 Å². The summed E-state index contributed by atoms with van der Waals surface area (Å²) >= 11 is 0. The van der Waals surface area contributed by atoms with Gasteiger partial charge in [0, 0.05) is 37.8 Å². The van der Waals surface area contributed by atoms with Crippen molar-refractivity contribution in [1.82, 2.24) is 20.5 Å². The fourth-order valence-corrected chi connectivity index (χ4v) is 3.65. The van der Waals surface area contributed by atoms with E-state index in [1.165, 1.54) is 29.7 Å². The van der Waals surface area contributed by atoms with Gasteiger partial charge in [-0.2, -0.15) is 26.3 Å². The third-order valence-corrected chi connectivity index (χ3v) is 4.98. The molecule has 0 aliphatic carbocycles. The molecule has 1 aliphatic heterocycles. The lowest BCUT2D eigenvalue weighted by Crippen LogP contribution is -2.45. The van der Waals surface area contributed by atoms with Crippen LogP contribution in [0.1, 0.15) is 37.3 Å². The van der Waals surface area contributed by atoms with Gasteiger partial charge in [0.05, 0.1) is 12.6 Å². The zero-order valence-electron chi connectivity index (χ0n) is 20.0. The van der Waals surface area contributed by atoms with E-state index in [-0.39, 0.29) is 31.4 Å². The molecule has 2 heterocycles. The Morgan fingerprint density at radius 2 is 1.72 bits per heavy atom. The van der Waals surface area contributed by atoms with E-state index in [1.54, 1.807) is 30.3 Å². The number of pyridine rings is 1. The van der Waals surface area contributed by atoms with Gasteiger partial charge in [0.2, 0.25) is 5.88 Å². The first-order chi connectivity index (χ1) is 16.9. The van der Waals surface area contributed by atoms with Crippen LogP contribution in [0.25, 0.3) is 0 Å². The molecule has 2 atom stereocenters. The van der Waals surface area contributed by atoms with Crippen molar-refractivity contribution in [2.75, 3.05) is 26.2 Å². The highest BCUT2D eigenvalue weighted by atomic mass is 19.4. The van der Waals surface area contributed by atoms with Crippen molar-refractivity contribution in [3.8, 4) is 5.88 Å². The lowest BCUT2D eigenvalue weighted by Gasteiger charge is -2.20. The van der Waals surface area contributed by atoms with Crippen LogP contribution in [0.5, 0.6) is 5.88 Å². The average molecular weight is 521 g/mol. The van der Waals surface area contributed by atoms with Gasteiger partial charge < -0.3 is 15.4 Å². The molecule has 2 amide bonds. The molecule has 2 N–H and O–H groups in total. The number of nitrogens with one attached hydrogen (secondary N) is 2. The van der Waals surface area contributed by atoms with E-state index in [0.29, 0.717) is 5.56 Å². The Labute approximate surface area is 206 Å². The number of urea groups is 1. The number of likely N-dealkylation sites (tertiary alicyclic amines) is 1. The van der Waals surface area contributed by atoms with Gasteiger partial charge in [-0.25, -0.2) is 9.78 Å². The van der Waals surface area contributed by atoms with Crippen LogP contribution in [0.3, 0.4) is 0 Å². The number of rotatable bonds is 7. The van der Waals surface area contributed by atoms with Gasteiger partial charge >= 0.3 is 18.4 Å². The molecular weight excluding hydrogens is 490 g/mol. The second-order valence-electron chi connectivity index (χ2n) is 8.37. The summed E-state index contributed by atoms with van der Waals surface area (Å²) in [4.78, 5) is 17.4. The molecule has 1 aromatic carbocycles. The Balaban J connectivity index is 0.00000145. The third-order valence-electron chi connectivity index (χ3n) is 4.98. The number of amides is 2. The van der Waals surface area contributed by atoms with Crippen LogP contribution in [-0.4, -0.2) is 60.6 Å². The topological polar surface area (TPSA) is 66.5 Å². The first kappa shape index (κ1) is 29.2. The number of carbonyl (C=O) groups excluding carboxylic acids is 1. The minimum absolute atomic E-state index is 0.0250.